The average Bonchev–Trinajstić information content (AvgIpc) is 2.42. The molecule has 0 saturated heterocycles. The van der Waals surface area contributed by atoms with Gasteiger partial charge in [0, 0.05) is 18.0 Å². The molecule has 5 nitrogen and oxygen atoms in total. The van der Waals surface area contributed by atoms with E-state index in [4.69, 9.17) is 11.6 Å². The van der Waals surface area contributed by atoms with Crippen LogP contribution in [0.4, 0.5) is 5.69 Å². The third kappa shape index (κ3) is 3.53. The summed E-state index contributed by atoms with van der Waals surface area (Å²) in [6.07, 6.45) is 4.85. The van der Waals surface area contributed by atoms with E-state index in [1.165, 1.54) is 18.2 Å². The molecule has 0 atom stereocenters. The number of rotatable bonds is 4. The lowest BCUT2D eigenvalue weighted by atomic mass is 10.2. The number of anilines is 1. The first-order valence-electron chi connectivity index (χ1n) is 5.37. The number of carboxylic acids is 1. The molecule has 96 valence electrons. The molecule has 2 aromatic rings. The summed E-state index contributed by atoms with van der Waals surface area (Å²) in [6, 6.07) is 7.81. The van der Waals surface area contributed by atoms with E-state index in [9.17, 15) is 9.90 Å². The molecule has 19 heavy (non-hydrogen) atoms. The van der Waals surface area contributed by atoms with Crippen molar-refractivity contribution < 1.29 is 9.90 Å². The fraction of sp³-hybridized carbons (Fsp3) is 0. The van der Waals surface area contributed by atoms with Crippen LogP contribution in [0.3, 0.4) is 0 Å². The molecule has 6 heteroatoms. The van der Waals surface area contributed by atoms with Crippen LogP contribution in [0, 0.1) is 0 Å². The van der Waals surface area contributed by atoms with Gasteiger partial charge in [0.15, 0.2) is 0 Å². The number of hydrazone groups is 1. The number of hydrogen-bond donors (Lipinski definition) is 1. The van der Waals surface area contributed by atoms with Crippen molar-refractivity contribution in [2.75, 3.05) is 5.43 Å². The molecule has 1 heterocycles. The molecule has 0 unspecified atom stereocenters. The van der Waals surface area contributed by atoms with Crippen molar-refractivity contribution in [2.24, 2.45) is 5.10 Å². The van der Waals surface area contributed by atoms with Crippen LogP contribution in [-0.2, 0) is 0 Å². The molecule has 2 rings (SSSR count). The van der Waals surface area contributed by atoms with E-state index in [0.29, 0.717) is 10.7 Å². The summed E-state index contributed by atoms with van der Waals surface area (Å²) in [4.78, 5) is 14.7. The summed E-state index contributed by atoms with van der Waals surface area (Å²) < 4.78 is 0. The molecular formula is C13H9ClN3O2-. The summed E-state index contributed by atoms with van der Waals surface area (Å²) in [5, 5.41) is 15.1. The lowest BCUT2D eigenvalue weighted by Gasteiger charge is -2.07. The lowest BCUT2D eigenvalue weighted by molar-refractivity contribution is -0.255. The van der Waals surface area contributed by atoms with Gasteiger partial charge in [-0.05, 0) is 23.8 Å². The Kier molecular flexibility index (Phi) is 4.10. The Balaban J connectivity index is 2.13. The van der Waals surface area contributed by atoms with Gasteiger partial charge < -0.3 is 9.90 Å². The quantitative estimate of drug-likeness (QED) is 0.678. The molecule has 0 bridgehead atoms. The van der Waals surface area contributed by atoms with Crippen LogP contribution in [0.1, 0.15) is 15.9 Å². The number of aromatic nitrogens is 1. The molecule has 1 aromatic heterocycles. The monoisotopic (exact) mass is 274 g/mol. The van der Waals surface area contributed by atoms with Gasteiger partial charge >= 0.3 is 0 Å². The number of hydrogen-bond acceptors (Lipinski definition) is 5. The van der Waals surface area contributed by atoms with Gasteiger partial charge in [0.25, 0.3) is 0 Å². The average molecular weight is 275 g/mol. The molecule has 0 aliphatic rings. The van der Waals surface area contributed by atoms with Crippen LogP contribution in [0.15, 0.2) is 47.8 Å². The highest BCUT2D eigenvalue weighted by Gasteiger charge is 2.01. The Labute approximate surface area is 114 Å². The van der Waals surface area contributed by atoms with Crippen LogP contribution in [0.25, 0.3) is 0 Å². The molecule has 1 N–H and O–H groups in total. The number of carboxylic acid groups (broad SMARTS) is 1. The van der Waals surface area contributed by atoms with Crippen LogP contribution < -0.4 is 10.5 Å². The Morgan fingerprint density at radius 1 is 1.42 bits per heavy atom. The number of pyridine rings is 1. The minimum Gasteiger partial charge on any atom is -0.545 e. The number of halogens is 1. The van der Waals surface area contributed by atoms with Crippen LogP contribution in [-0.4, -0.2) is 17.2 Å². The number of carbonyl (C=O) groups excluding carboxylic acids is 1. The summed E-state index contributed by atoms with van der Waals surface area (Å²) in [6.45, 7) is 0. The van der Waals surface area contributed by atoms with E-state index in [0.717, 1.165) is 5.56 Å². The highest BCUT2D eigenvalue weighted by atomic mass is 35.5. The van der Waals surface area contributed by atoms with Crippen molar-refractivity contribution in [1.82, 2.24) is 4.98 Å². The SMILES string of the molecule is O=C([O-])c1ccc(Cl)c(N/N=C\c2cccnc2)c1. The predicted octanol–water partition coefficient (Wildman–Crippen LogP) is 1.54. The van der Waals surface area contributed by atoms with Gasteiger partial charge in [-0.3, -0.25) is 10.4 Å². The third-order valence-corrected chi connectivity index (χ3v) is 2.61. The predicted molar refractivity (Wildman–Crippen MR) is 71.2 cm³/mol. The number of nitrogens with one attached hydrogen (secondary N) is 1. The molecule has 0 spiro atoms. The van der Waals surface area contributed by atoms with E-state index in [-0.39, 0.29) is 5.56 Å². The molecular weight excluding hydrogens is 266 g/mol. The fourth-order valence-corrected chi connectivity index (χ4v) is 1.53. The first-order chi connectivity index (χ1) is 9.16. The van der Waals surface area contributed by atoms with Crippen molar-refractivity contribution in [2.45, 2.75) is 0 Å². The Hall–Kier alpha value is -2.40. The molecule has 0 aliphatic carbocycles. The minimum absolute atomic E-state index is 0.0310. The van der Waals surface area contributed by atoms with Crippen LogP contribution in [0.5, 0.6) is 0 Å². The molecule has 0 amide bonds. The summed E-state index contributed by atoms with van der Waals surface area (Å²) in [5.41, 5.74) is 3.91. The summed E-state index contributed by atoms with van der Waals surface area (Å²) in [5.74, 6) is -1.27. The van der Waals surface area contributed by atoms with E-state index in [1.807, 2.05) is 6.07 Å². The highest BCUT2D eigenvalue weighted by molar-refractivity contribution is 6.33. The molecule has 1 aromatic carbocycles. The van der Waals surface area contributed by atoms with Gasteiger partial charge in [-0.15, -0.1) is 0 Å². The molecule has 0 saturated carbocycles. The van der Waals surface area contributed by atoms with E-state index in [2.05, 4.69) is 15.5 Å². The van der Waals surface area contributed by atoms with Gasteiger partial charge in [-0.2, -0.15) is 5.10 Å². The standard InChI is InChI=1S/C13H10ClN3O2/c14-11-4-3-10(13(18)19)6-12(11)17-16-8-9-2-1-5-15-7-9/h1-8,17H,(H,18,19)/p-1/b16-8-. The Morgan fingerprint density at radius 2 is 2.26 bits per heavy atom. The maximum Gasteiger partial charge on any atom is 0.0754 e. The van der Waals surface area contributed by atoms with Crippen molar-refractivity contribution in [3.63, 3.8) is 0 Å². The zero-order valence-electron chi connectivity index (χ0n) is 9.71. The topological polar surface area (TPSA) is 77.4 Å². The second kappa shape index (κ2) is 5.97. The molecule has 0 radical (unpaired) electrons. The van der Waals surface area contributed by atoms with Gasteiger partial charge in [-0.1, -0.05) is 23.7 Å². The minimum atomic E-state index is -1.27. The van der Waals surface area contributed by atoms with Crippen LogP contribution >= 0.6 is 11.6 Å². The second-order valence-electron chi connectivity index (χ2n) is 3.64. The van der Waals surface area contributed by atoms with Gasteiger partial charge in [0.2, 0.25) is 0 Å². The first kappa shape index (κ1) is 13.0. The molecule has 0 fully saturated rings. The van der Waals surface area contributed by atoms with E-state index in [1.54, 1.807) is 24.7 Å². The van der Waals surface area contributed by atoms with E-state index >= 15 is 0 Å². The third-order valence-electron chi connectivity index (χ3n) is 2.29. The maximum absolute atomic E-state index is 10.7. The van der Waals surface area contributed by atoms with Crippen molar-refractivity contribution in [3.05, 3.63) is 58.9 Å². The Bertz CT molecular complexity index is 615. The first-order valence-corrected chi connectivity index (χ1v) is 5.74. The zero-order valence-corrected chi connectivity index (χ0v) is 10.5. The van der Waals surface area contributed by atoms with Gasteiger partial charge in [0.1, 0.15) is 0 Å². The maximum atomic E-state index is 10.7. The zero-order chi connectivity index (χ0) is 13.7. The number of benzene rings is 1. The summed E-state index contributed by atoms with van der Waals surface area (Å²) in [7, 11) is 0. The van der Waals surface area contributed by atoms with Gasteiger partial charge in [-0.25, -0.2) is 0 Å². The lowest BCUT2D eigenvalue weighted by Crippen LogP contribution is -2.22. The molecule has 0 aliphatic heterocycles. The number of aromatic carboxylic acids is 1. The normalized spacial score (nSPS) is 10.6. The fourth-order valence-electron chi connectivity index (χ4n) is 1.37. The number of carbonyl (C=O) groups is 1. The largest absolute Gasteiger partial charge is 0.545 e. The van der Waals surface area contributed by atoms with Crippen molar-refractivity contribution >= 4 is 29.5 Å². The van der Waals surface area contributed by atoms with Crippen LogP contribution in [0.2, 0.25) is 5.02 Å². The smallest absolute Gasteiger partial charge is 0.0754 e. The van der Waals surface area contributed by atoms with E-state index < -0.39 is 5.97 Å². The second-order valence-corrected chi connectivity index (χ2v) is 4.05. The Morgan fingerprint density at radius 3 is 2.95 bits per heavy atom. The van der Waals surface area contributed by atoms with Gasteiger partial charge in [0.05, 0.1) is 22.9 Å². The van der Waals surface area contributed by atoms with Crippen molar-refractivity contribution in [1.29, 1.82) is 0 Å². The highest BCUT2D eigenvalue weighted by Crippen LogP contribution is 2.22. The number of nitrogens with zero attached hydrogens (tertiary/aromatic N) is 2. The summed E-state index contributed by atoms with van der Waals surface area (Å²) >= 11 is 5.92. The van der Waals surface area contributed by atoms with Crippen molar-refractivity contribution in [3.8, 4) is 0 Å².